The van der Waals surface area contributed by atoms with E-state index >= 15 is 0 Å². The summed E-state index contributed by atoms with van der Waals surface area (Å²) >= 11 is 0. The summed E-state index contributed by atoms with van der Waals surface area (Å²) in [6, 6.07) is -0.717. The molecule has 1 atom stereocenters. The van der Waals surface area contributed by atoms with Gasteiger partial charge < -0.3 is 4.74 Å². The maximum Gasteiger partial charge on any atom is 0.409 e. The molecule has 15 heavy (non-hydrogen) atoms. The first-order valence-electron chi connectivity index (χ1n) is 4.01. The summed E-state index contributed by atoms with van der Waals surface area (Å²) < 4.78 is 42.1. The van der Waals surface area contributed by atoms with Crippen LogP contribution < -0.4 is 16.0 Å². The molecule has 1 unspecified atom stereocenters. The van der Waals surface area contributed by atoms with Crippen molar-refractivity contribution >= 4 is 0 Å². The molecule has 84 valence electrons. The van der Waals surface area contributed by atoms with Gasteiger partial charge in [0.25, 0.3) is 0 Å². The normalized spacial score (nSPS) is 13.7. The monoisotopic (exact) mass is 221 g/mol. The minimum absolute atomic E-state index is 0.0932. The predicted octanol–water partition coefficient (Wildman–Crippen LogP) is 1.16. The Balaban J connectivity index is 3.02. The van der Waals surface area contributed by atoms with E-state index < -0.39 is 12.2 Å². The molecule has 1 aromatic rings. The van der Waals surface area contributed by atoms with Crippen LogP contribution >= 0.6 is 0 Å². The van der Waals surface area contributed by atoms with Crippen LogP contribution in [0.3, 0.4) is 0 Å². The second kappa shape index (κ2) is 4.45. The van der Waals surface area contributed by atoms with Gasteiger partial charge in [0, 0.05) is 11.8 Å². The smallest absolute Gasteiger partial charge is 0.409 e. The van der Waals surface area contributed by atoms with Gasteiger partial charge in [0.2, 0.25) is 0 Å². The Bertz CT molecular complexity index is 329. The number of hydrogen-bond donors (Lipinski definition) is 2. The molecule has 0 aliphatic heterocycles. The zero-order chi connectivity index (χ0) is 11.5. The fraction of sp³-hybridized carbons (Fsp3) is 0.375. The largest absolute Gasteiger partial charge is 0.495 e. The summed E-state index contributed by atoms with van der Waals surface area (Å²) in [6.07, 6.45) is -2.07. The second-order valence-corrected chi connectivity index (χ2v) is 2.80. The van der Waals surface area contributed by atoms with Crippen molar-refractivity contribution in [3.8, 4) is 5.75 Å². The van der Waals surface area contributed by atoms with Gasteiger partial charge in [-0.1, -0.05) is 0 Å². The van der Waals surface area contributed by atoms with Crippen LogP contribution in [-0.4, -0.2) is 18.3 Å². The SMILES string of the molecule is COc1cncc(C(NN)C(F)(F)F)c1. The first-order chi connectivity index (χ1) is 6.99. The fourth-order valence-electron chi connectivity index (χ4n) is 1.08. The number of ether oxygens (including phenoxy) is 1. The number of alkyl halides is 3. The Morgan fingerprint density at radius 1 is 1.47 bits per heavy atom. The third kappa shape index (κ3) is 2.80. The van der Waals surface area contributed by atoms with Crippen LogP contribution in [0.2, 0.25) is 0 Å². The van der Waals surface area contributed by atoms with Crippen LogP contribution in [0.4, 0.5) is 13.2 Å². The van der Waals surface area contributed by atoms with Gasteiger partial charge in [-0.15, -0.1) is 0 Å². The maximum absolute atomic E-state index is 12.4. The van der Waals surface area contributed by atoms with Gasteiger partial charge in [0.15, 0.2) is 0 Å². The molecular weight excluding hydrogens is 211 g/mol. The molecule has 0 amide bonds. The number of halogens is 3. The topological polar surface area (TPSA) is 60.2 Å². The van der Waals surface area contributed by atoms with Gasteiger partial charge in [-0.05, 0) is 6.07 Å². The van der Waals surface area contributed by atoms with Crippen LogP contribution in [-0.2, 0) is 0 Å². The van der Waals surface area contributed by atoms with Crippen molar-refractivity contribution in [2.75, 3.05) is 7.11 Å². The molecule has 0 aliphatic carbocycles. The predicted molar refractivity (Wildman–Crippen MR) is 46.9 cm³/mol. The molecule has 0 aromatic carbocycles. The third-order valence-electron chi connectivity index (χ3n) is 1.80. The molecule has 0 spiro atoms. The summed E-state index contributed by atoms with van der Waals surface area (Å²) in [5.41, 5.74) is 1.60. The first kappa shape index (κ1) is 11.7. The molecule has 1 aromatic heterocycles. The average molecular weight is 221 g/mol. The Hall–Kier alpha value is -1.34. The van der Waals surface area contributed by atoms with E-state index in [1.165, 1.54) is 19.4 Å². The van der Waals surface area contributed by atoms with Gasteiger partial charge in [-0.2, -0.15) is 13.2 Å². The van der Waals surface area contributed by atoms with Crippen LogP contribution in [0, 0.1) is 0 Å². The number of pyridine rings is 1. The summed E-state index contributed by atoms with van der Waals surface area (Å²) in [4.78, 5) is 3.62. The lowest BCUT2D eigenvalue weighted by Crippen LogP contribution is -2.38. The van der Waals surface area contributed by atoms with Crippen molar-refractivity contribution in [2.45, 2.75) is 12.2 Å². The number of nitrogens with two attached hydrogens (primary N) is 1. The van der Waals surface area contributed by atoms with Crippen molar-refractivity contribution in [2.24, 2.45) is 5.84 Å². The lowest BCUT2D eigenvalue weighted by atomic mass is 10.1. The number of hydrogen-bond acceptors (Lipinski definition) is 4. The fourth-order valence-corrected chi connectivity index (χ4v) is 1.08. The molecular formula is C8H10F3N3O. The Morgan fingerprint density at radius 2 is 2.13 bits per heavy atom. The van der Waals surface area contributed by atoms with E-state index in [-0.39, 0.29) is 11.3 Å². The van der Waals surface area contributed by atoms with Crippen LogP contribution in [0.5, 0.6) is 5.75 Å². The number of aromatic nitrogens is 1. The van der Waals surface area contributed by atoms with E-state index in [4.69, 9.17) is 10.6 Å². The van der Waals surface area contributed by atoms with Gasteiger partial charge in [0.1, 0.15) is 11.8 Å². The number of methoxy groups -OCH3 is 1. The van der Waals surface area contributed by atoms with Gasteiger partial charge in [-0.25, -0.2) is 5.43 Å². The van der Waals surface area contributed by atoms with Crippen molar-refractivity contribution in [3.63, 3.8) is 0 Å². The number of rotatable bonds is 3. The lowest BCUT2D eigenvalue weighted by molar-refractivity contribution is -0.157. The minimum atomic E-state index is -4.47. The van der Waals surface area contributed by atoms with Crippen LogP contribution in [0.25, 0.3) is 0 Å². The lowest BCUT2D eigenvalue weighted by Gasteiger charge is -2.19. The highest BCUT2D eigenvalue weighted by atomic mass is 19.4. The Labute approximate surface area is 84.2 Å². The zero-order valence-corrected chi connectivity index (χ0v) is 7.88. The van der Waals surface area contributed by atoms with Gasteiger partial charge >= 0.3 is 6.18 Å². The van der Waals surface area contributed by atoms with Crippen LogP contribution in [0.15, 0.2) is 18.5 Å². The molecule has 1 rings (SSSR count). The van der Waals surface area contributed by atoms with Crippen molar-refractivity contribution in [3.05, 3.63) is 24.0 Å². The highest BCUT2D eigenvalue weighted by molar-refractivity contribution is 5.26. The van der Waals surface area contributed by atoms with Crippen molar-refractivity contribution in [1.29, 1.82) is 0 Å². The molecule has 3 N–H and O–H groups in total. The second-order valence-electron chi connectivity index (χ2n) is 2.80. The molecule has 0 fully saturated rings. The quantitative estimate of drug-likeness (QED) is 0.594. The zero-order valence-electron chi connectivity index (χ0n) is 7.88. The third-order valence-corrected chi connectivity index (χ3v) is 1.80. The Morgan fingerprint density at radius 3 is 2.60 bits per heavy atom. The highest BCUT2D eigenvalue weighted by Gasteiger charge is 2.40. The van der Waals surface area contributed by atoms with E-state index in [0.717, 1.165) is 6.20 Å². The average Bonchev–Trinajstić information content (AvgIpc) is 2.17. The van der Waals surface area contributed by atoms with Crippen LogP contribution in [0.1, 0.15) is 11.6 Å². The van der Waals surface area contributed by atoms with Gasteiger partial charge in [-0.3, -0.25) is 10.8 Å². The molecule has 0 saturated carbocycles. The number of nitrogens with one attached hydrogen (secondary N) is 1. The first-order valence-corrected chi connectivity index (χ1v) is 4.01. The molecule has 1 heterocycles. The van der Waals surface area contributed by atoms with E-state index in [0.29, 0.717) is 0 Å². The van der Waals surface area contributed by atoms with E-state index in [1.807, 2.05) is 0 Å². The minimum Gasteiger partial charge on any atom is -0.495 e. The van der Waals surface area contributed by atoms with E-state index in [1.54, 1.807) is 5.43 Å². The summed E-state index contributed by atoms with van der Waals surface area (Å²) in [7, 11) is 1.35. The number of nitrogens with zero attached hydrogens (tertiary/aromatic N) is 1. The van der Waals surface area contributed by atoms with Crippen molar-refractivity contribution in [1.82, 2.24) is 10.4 Å². The van der Waals surface area contributed by atoms with E-state index in [2.05, 4.69) is 4.98 Å². The molecule has 0 aliphatic rings. The highest BCUT2D eigenvalue weighted by Crippen LogP contribution is 2.32. The molecule has 0 radical (unpaired) electrons. The Kier molecular flexibility index (Phi) is 3.48. The summed E-state index contributed by atoms with van der Waals surface area (Å²) in [6.45, 7) is 0. The maximum atomic E-state index is 12.4. The number of hydrazine groups is 1. The standard InChI is InChI=1S/C8H10F3N3O/c1-15-6-2-5(3-13-4-6)7(14-12)8(9,10)11/h2-4,7,14H,12H2,1H3. The van der Waals surface area contributed by atoms with E-state index in [9.17, 15) is 13.2 Å². The molecule has 4 nitrogen and oxygen atoms in total. The summed E-state index contributed by atoms with van der Waals surface area (Å²) in [5, 5.41) is 0. The summed E-state index contributed by atoms with van der Waals surface area (Å²) in [5.74, 6) is 5.09. The van der Waals surface area contributed by atoms with Crippen molar-refractivity contribution < 1.29 is 17.9 Å². The molecule has 0 bridgehead atoms. The molecule has 7 heteroatoms. The van der Waals surface area contributed by atoms with Gasteiger partial charge in [0.05, 0.1) is 13.3 Å². The molecule has 0 saturated heterocycles.